The van der Waals surface area contributed by atoms with Gasteiger partial charge in [-0.25, -0.2) is 0 Å². The molecule has 1 aliphatic heterocycles. The lowest BCUT2D eigenvalue weighted by Gasteiger charge is -2.29. The second kappa shape index (κ2) is 3.75. The van der Waals surface area contributed by atoms with Gasteiger partial charge in [0.25, 0.3) is 5.91 Å². The highest BCUT2D eigenvalue weighted by Gasteiger charge is 2.23. The zero-order chi connectivity index (χ0) is 9.97. The predicted octanol–water partition coefficient (Wildman–Crippen LogP) is -0.632. The second-order valence-electron chi connectivity index (χ2n) is 3.47. The van der Waals surface area contributed by atoms with Crippen LogP contribution >= 0.6 is 0 Å². The van der Waals surface area contributed by atoms with Gasteiger partial charge in [0.1, 0.15) is 6.33 Å². The van der Waals surface area contributed by atoms with Crippen molar-refractivity contribution in [3.05, 3.63) is 12.2 Å². The molecule has 0 radical (unpaired) electrons. The van der Waals surface area contributed by atoms with Gasteiger partial charge in [-0.3, -0.25) is 4.79 Å². The van der Waals surface area contributed by atoms with E-state index in [2.05, 4.69) is 15.2 Å². The van der Waals surface area contributed by atoms with Crippen LogP contribution in [0.25, 0.3) is 0 Å². The Morgan fingerprint density at radius 2 is 2.29 bits per heavy atom. The third kappa shape index (κ3) is 1.74. The number of H-pyrrole nitrogens is 1. The normalized spacial score (nSPS) is 18.5. The van der Waals surface area contributed by atoms with Crippen LogP contribution in [0.2, 0.25) is 0 Å². The minimum atomic E-state index is -0.0885. The summed E-state index contributed by atoms with van der Waals surface area (Å²) in [6, 6.07) is 0.230. The highest BCUT2D eigenvalue weighted by molar-refractivity contribution is 5.90. The number of rotatable bonds is 1. The summed E-state index contributed by atoms with van der Waals surface area (Å²) in [5, 5.41) is 7.26. The van der Waals surface area contributed by atoms with E-state index < -0.39 is 0 Å². The third-order valence-corrected chi connectivity index (χ3v) is 2.45. The SMILES string of the molecule is NC1CCN(C(=O)c2nnc[nH]2)CC1. The Morgan fingerprint density at radius 3 is 2.86 bits per heavy atom. The molecular weight excluding hydrogens is 182 g/mol. The Bertz CT molecular complexity index is 302. The zero-order valence-electron chi connectivity index (χ0n) is 7.81. The first-order chi connectivity index (χ1) is 6.77. The summed E-state index contributed by atoms with van der Waals surface area (Å²) >= 11 is 0. The number of nitrogens with zero attached hydrogens (tertiary/aromatic N) is 3. The van der Waals surface area contributed by atoms with Gasteiger partial charge in [-0.15, -0.1) is 10.2 Å². The van der Waals surface area contributed by atoms with E-state index in [1.54, 1.807) is 4.90 Å². The Kier molecular flexibility index (Phi) is 2.45. The van der Waals surface area contributed by atoms with E-state index in [1.807, 2.05) is 0 Å². The highest BCUT2D eigenvalue weighted by Crippen LogP contribution is 2.10. The number of likely N-dealkylation sites (tertiary alicyclic amines) is 1. The van der Waals surface area contributed by atoms with Crippen molar-refractivity contribution in [1.29, 1.82) is 0 Å². The number of carbonyl (C=O) groups is 1. The first kappa shape index (κ1) is 9.14. The Hall–Kier alpha value is -1.43. The van der Waals surface area contributed by atoms with E-state index in [0.717, 1.165) is 12.8 Å². The lowest BCUT2D eigenvalue weighted by Crippen LogP contribution is -2.43. The molecule has 1 aromatic heterocycles. The average molecular weight is 195 g/mol. The van der Waals surface area contributed by atoms with E-state index in [0.29, 0.717) is 18.9 Å². The molecule has 1 saturated heterocycles. The van der Waals surface area contributed by atoms with Gasteiger partial charge in [0.2, 0.25) is 5.82 Å². The van der Waals surface area contributed by atoms with Gasteiger partial charge in [-0.05, 0) is 12.8 Å². The van der Waals surface area contributed by atoms with Gasteiger partial charge in [0, 0.05) is 19.1 Å². The Morgan fingerprint density at radius 1 is 1.57 bits per heavy atom. The largest absolute Gasteiger partial charge is 0.336 e. The van der Waals surface area contributed by atoms with Crippen LogP contribution in [-0.4, -0.2) is 45.1 Å². The first-order valence-corrected chi connectivity index (χ1v) is 4.68. The minimum absolute atomic E-state index is 0.0885. The standard InChI is InChI=1S/C8H13N5O/c9-6-1-3-13(4-2-6)8(14)7-10-5-11-12-7/h5-6H,1-4,9H2,(H,10,11,12). The molecular formula is C8H13N5O. The molecule has 76 valence electrons. The molecule has 0 unspecified atom stereocenters. The van der Waals surface area contributed by atoms with Crippen LogP contribution in [0, 0.1) is 0 Å². The van der Waals surface area contributed by atoms with Crippen LogP contribution in [-0.2, 0) is 0 Å². The Balaban J connectivity index is 1.99. The number of piperidine rings is 1. The lowest BCUT2D eigenvalue weighted by atomic mass is 10.1. The number of nitrogens with two attached hydrogens (primary N) is 1. The maximum absolute atomic E-state index is 11.7. The molecule has 6 heteroatoms. The van der Waals surface area contributed by atoms with Gasteiger partial charge < -0.3 is 15.6 Å². The van der Waals surface area contributed by atoms with Crippen LogP contribution in [0.5, 0.6) is 0 Å². The molecule has 0 bridgehead atoms. The summed E-state index contributed by atoms with van der Waals surface area (Å²) in [6.07, 6.45) is 3.13. The number of hydrogen-bond donors (Lipinski definition) is 2. The van der Waals surface area contributed by atoms with Crippen LogP contribution in [0.15, 0.2) is 6.33 Å². The molecule has 2 rings (SSSR count). The molecule has 0 aliphatic carbocycles. The molecule has 0 spiro atoms. The van der Waals surface area contributed by atoms with Gasteiger partial charge in [0.15, 0.2) is 0 Å². The van der Waals surface area contributed by atoms with Gasteiger partial charge in [0.05, 0.1) is 0 Å². The molecule has 1 aliphatic rings. The Labute approximate surface area is 81.5 Å². The van der Waals surface area contributed by atoms with Gasteiger partial charge in [-0.2, -0.15) is 0 Å². The number of aromatic amines is 1. The molecule has 1 amide bonds. The molecule has 0 aromatic carbocycles. The van der Waals surface area contributed by atoms with Crippen LogP contribution in [0.4, 0.5) is 0 Å². The molecule has 1 fully saturated rings. The van der Waals surface area contributed by atoms with Crippen LogP contribution < -0.4 is 5.73 Å². The number of amides is 1. The van der Waals surface area contributed by atoms with E-state index >= 15 is 0 Å². The average Bonchev–Trinajstić information content (AvgIpc) is 2.71. The minimum Gasteiger partial charge on any atom is -0.336 e. The van der Waals surface area contributed by atoms with E-state index in [9.17, 15) is 4.79 Å². The zero-order valence-corrected chi connectivity index (χ0v) is 7.81. The van der Waals surface area contributed by atoms with Crippen molar-refractivity contribution < 1.29 is 4.79 Å². The molecule has 1 aromatic rings. The van der Waals surface area contributed by atoms with Crippen molar-refractivity contribution in [2.24, 2.45) is 5.73 Å². The lowest BCUT2D eigenvalue weighted by molar-refractivity contribution is 0.0703. The van der Waals surface area contributed by atoms with Crippen LogP contribution in [0.3, 0.4) is 0 Å². The summed E-state index contributed by atoms with van der Waals surface area (Å²) in [6.45, 7) is 1.42. The molecule has 2 heterocycles. The van der Waals surface area contributed by atoms with E-state index in [1.165, 1.54) is 6.33 Å². The molecule has 6 nitrogen and oxygen atoms in total. The van der Waals surface area contributed by atoms with Crippen molar-refractivity contribution in [3.63, 3.8) is 0 Å². The second-order valence-corrected chi connectivity index (χ2v) is 3.47. The summed E-state index contributed by atoms with van der Waals surface area (Å²) < 4.78 is 0. The fourth-order valence-corrected chi connectivity index (χ4v) is 1.56. The predicted molar refractivity (Wildman–Crippen MR) is 49.5 cm³/mol. The number of carbonyl (C=O) groups excluding carboxylic acids is 1. The summed E-state index contributed by atoms with van der Waals surface area (Å²) in [5.41, 5.74) is 5.74. The van der Waals surface area contributed by atoms with Crippen molar-refractivity contribution in [2.45, 2.75) is 18.9 Å². The van der Waals surface area contributed by atoms with E-state index in [4.69, 9.17) is 5.73 Å². The fourth-order valence-electron chi connectivity index (χ4n) is 1.56. The molecule has 3 N–H and O–H groups in total. The van der Waals surface area contributed by atoms with E-state index in [-0.39, 0.29) is 11.9 Å². The summed E-state index contributed by atoms with van der Waals surface area (Å²) in [4.78, 5) is 16.2. The molecule has 0 saturated carbocycles. The van der Waals surface area contributed by atoms with Crippen molar-refractivity contribution in [3.8, 4) is 0 Å². The maximum atomic E-state index is 11.7. The number of hydrogen-bond acceptors (Lipinski definition) is 4. The highest BCUT2D eigenvalue weighted by atomic mass is 16.2. The monoisotopic (exact) mass is 195 g/mol. The molecule has 14 heavy (non-hydrogen) atoms. The summed E-state index contributed by atoms with van der Waals surface area (Å²) in [7, 11) is 0. The van der Waals surface area contributed by atoms with Crippen molar-refractivity contribution >= 4 is 5.91 Å². The quantitative estimate of drug-likeness (QED) is 0.624. The smallest absolute Gasteiger partial charge is 0.291 e. The van der Waals surface area contributed by atoms with Crippen LogP contribution in [0.1, 0.15) is 23.5 Å². The number of aromatic nitrogens is 3. The summed E-state index contributed by atoms with van der Waals surface area (Å²) in [5.74, 6) is 0.217. The molecule has 0 atom stereocenters. The number of nitrogens with one attached hydrogen (secondary N) is 1. The fraction of sp³-hybridized carbons (Fsp3) is 0.625. The van der Waals surface area contributed by atoms with Crippen molar-refractivity contribution in [2.75, 3.05) is 13.1 Å². The van der Waals surface area contributed by atoms with Gasteiger partial charge in [-0.1, -0.05) is 0 Å². The maximum Gasteiger partial charge on any atom is 0.291 e. The third-order valence-electron chi connectivity index (χ3n) is 2.45. The topological polar surface area (TPSA) is 87.9 Å². The van der Waals surface area contributed by atoms with Crippen molar-refractivity contribution in [1.82, 2.24) is 20.1 Å². The van der Waals surface area contributed by atoms with Gasteiger partial charge >= 0.3 is 0 Å². The first-order valence-electron chi connectivity index (χ1n) is 4.68.